The van der Waals surface area contributed by atoms with E-state index < -0.39 is 0 Å². The number of aromatic nitrogens is 4. The maximum absolute atomic E-state index is 13.4. The number of fused-ring (bicyclic) bond motifs is 1. The van der Waals surface area contributed by atoms with Crippen LogP contribution in [0.4, 0.5) is 5.82 Å². The van der Waals surface area contributed by atoms with Gasteiger partial charge in [0.15, 0.2) is 11.5 Å². The maximum Gasteiger partial charge on any atom is 0.293 e. The second kappa shape index (κ2) is 12.6. The molecule has 0 bridgehead atoms. The van der Waals surface area contributed by atoms with Crippen molar-refractivity contribution in [3.63, 3.8) is 0 Å². The van der Waals surface area contributed by atoms with E-state index in [2.05, 4.69) is 20.3 Å². The van der Waals surface area contributed by atoms with Gasteiger partial charge in [0.2, 0.25) is 11.8 Å². The molecule has 0 spiro atoms. The van der Waals surface area contributed by atoms with Gasteiger partial charge < -0.3 is 24.4 Å². The number of anilines is 1. The summed E-state index contributed by atoms with van der Waals surface area (Å²) >= 11 is 0. The molecule has 3 aromatic rings. The average Bonchev–Trinajstić information content (AvgIpc) is 3.40. The molecule has 1 fully saturated rings. The zero-order valence-electron chi connectivity index (χ0n) is 21.6. The first-order valence-corrected chi connectivity index (χ1v) is 12.7. The van der Waals surface area contributed by atoms with Gasteiger partial charge in [0.05, 0.1) is 31.9 Å². The number of rotatable bonds is 12. The zero-order chi connectivity index (χ0) is 26.2. The van der Waals surface area contributed by atoms with Gasteiger partial charge in [0.1, 0.15) is 0 Å². The highest BCUT2D eigenvalue weighted by Crippen LogP contribution is 2.23. The van der Waals surface area contributed by atoms with Crippen LogP contribution in [0, 0.1) is 0 Å². The molecule has 0 aliphatic carbocycles. The summed E-state index contributed by atoms with van der Waals surface area (Å²) in [7, 11) is 1.56. The molecule has 11 nitrogen and oxygen atoms in total. The summed E-state index contributed by atoms with van der Waals surface area (Å²) in [6.45, 7) is 7.07. The van der Waals surface area contributed by atoms with Gasteiger partial charge in [-0.3, -0.25) is 14.2 Å². The second-order valence-electron chi connectivity index (χ2n) is 8.74. The lowest BCUT2D eigenvalue weighted by atomic mass is 10.1. The molecule has 4 heterocycles. The number of likely N-dealkylation sites (tertiary alicyclic amines) is 1. The minimum absolute atomic E-state index is 0.0332. The predicted octanol–water partition coefficient (Wildman–Crippen LogP) is 2.34. The van der Waals surface area contributed by atoms with Gasteiger partial charge in [-0.15, -0.1) is 0 Å². The van der Waals surface area contributed by atoms with Crippen molar-refractivity contribution >= 4 is 22.9 Å². The largest absolute Gasteiger partial charge is 0.481 e. The molecule has 37 heavy (non-hydrogen) atoms. The molecule has 0 aromatic carbocycles. The third kappa shape index (κ3) is 6.41. The molecule has 198 valence electrons. The van der Waals surface area contributed by atoms with Crippen LogP contribution in [0.25, 0.3) is 22.3 Å². The summed E-state index contributed by atoms with van der Waals surface area (Å²) in [5.74, 6) is 0.497. The van der Waals surface area contributed by atoms with Crippen molar-refractivity contribution in [2.75, 3.05) is 51.9 Å². The van der Waals surface area contributed by atoms with Crippen molar-refractivity contribution < 1.29 is 19.0 Å². The molecular weight excluding hydrogens is 476 g/mol. The summed E-state index contributed by atoms with van der Waals surface area (Å²) in [6.07, 6.45) is 5.14. The lowest BCUT2D eigenvalue weighted by molar-refractivity contribution is -0.128. The van der Waals surface area contributed by atoms with Gasteiger partial charge in [-0.05, 0) is 31.9 Å². The van der Waals surface area contributed by atoms with E-state index >= 15 is 0 Å². The first-order valence-electron chi connectivity index (χ1n) is 12.7. The molecular formula is C26H34N6O5. The standard InChI is InChI=1S/C26H34N6O5/c1-4-11-36-12-10-32-21-13-19(18-6-7-22(35-3)27-14-18)15-28-24(21)30-25(26(32)34)29-16-23(33)31-9-8-20(17-31)37-5-2/h6-7,13-15,20H,4-5,8-12,16-17H2,1-3H3,(H,28,29,30)/t20-/m1/s1. The van der Waals surface area contributed by atoms with Crippen molar-refractivity contribution in [3.8, 4) is 17.0 Å². The molecule has 3 aromatic heterocycles. The van der Waals surface area contributed by atoms with Gasteiger partial charge in [-0.25, -0.2) is 15.0 Å². The summed E-state index contributed by atoms with van der Waals surface area (Å²) in [4.78, 5) is 41.2. The number of methoxy groups -OCH3 is 1. The Balaban J connectivity index is 1.59. The summed E-state index contributed by atoms with van der Waals surface area (Å²) in [5, 5.41) is 2.95. The first kappa shape index (κ1) is 26.5. The summed E-state index contributed by atoms with van der Waals surface area (Å²) in [5.41, 5.74) is 2.27. The number of carbonyl (C=O) groups is 1. The number of nitrogens with zero attached hydrogens (tertiary/aromatic N) is 5. The topological polar surface area (TPSA) is 121 Å². The Morgan fingerprint density at radius 3 is 2.73 bits per heavy atom. The average molecular weight is 511 g/mol. The van der Waals surface area contributed by atoms with Crippen LogP contribution >= 0.6 is 0 Å². The van der Waals surface area contributed by atoms with E-state index in [9.17, 15) is 9.59 Å². The molecule has 11 heteroatoms. The fourth-order valence-electron chi connectivity index (χ4n) is 4.29. The van der Waals surface area contributed by atoms with Crippen molar-refractivity contribution in [1.82, 2.24) is 24.4 Å². The third-order valence-electron chi connectivity index (χ3n) is 6.20. The Bertz CT molecular complexity index is 1260. The minimum Gasteiger partial charge on any atom is -0.481 e. The van der Waals surface area contributed by atoms with Crippen molar-refractivity contribution in [2.24, 2.45) is 0 Å². The highest BCUT2D eigenvalue weighted by molar-refractivity contribution is 5.82. The molecule has 0 saturated carbocycles. The lowest BCUT2D eigenvalue weighted by Crippen LogP contribution is -2.36. The van der Waals surface area contributed by atoms with Gasteiger partial charge >= 0.3 is 0 Å². The van der Waals surface area contributed by atoms with Crippen LogP contribution in [0.3, 0.4) is 0 Å². The Morgan fingerprint density at radius 1 is 1.16 bits per heavy atom. The molecule has 1 aliphatic heterocycles. The Kier molecular flexibility index (Phi) is 9.02. The number of amides is 1. The number of nitrogens with one attached hydrogen (secondary N) is 1. The predicted molar refractivity (Wildman–Crippen MR) is 140 cm³/mol. The SMILES string of the molecule is CCCOCCn1c(=O)c(NCC(=O)N2CC[C@@H](OCC)C2)nc2ncc(-c3ccc(OC)nc3)cc21. The van der Waals surface area contributed by atoms with E-state index in [1.807, 2.05) is 26.0 Å². The molecule has 0 radical (unpaired) electrons. The van der Waals surface area contributed by atoms with Crippen LogP contribution < -0.4 is 15.6 Å². The zero-order valence-corrected chi connectivity index (χ0v) is 21.6. The number of hydrogen-bond donors (Lipinski definition) is 1. The van der Waals surface area contributed by atoms with Gasteiger partial charge in [0, 0.05) is 62.4 Å². The normalized spacial score (nSPS) is 15.3. The fourth-order valence-corrected chi connectivity index (χ4v) is 4.29. The monoisotopic (exact) mass is 510 g/mol. The smallest absolute Gasteiger partial charge is 0.293 e. The Hall–Kier alpha value is -3.57. The van der Waals surface area contributed by atoms with Crippen LogP contribution in [-0.2, 0) is 20.8 Å². The highest BCUT2D eigenvalue weighted by atomic mass is 16.5. The van der Waals surface area contributed by atoms with Crippen LogP contribution in [-0.4, -0.2) is 83.0 Å². The number of pyridine rings is 2. The van der Waals surface area contributed by atoms with E-state index in [-0.39, 0.29) is 29.9 Å². The van der Waals surface area contributed by atoms with Crippen LogP contribution in [0.1, 0.15) is 26.7 Å². The van der Waals surface area contributed by atoms with E-state index in [1.54, 1.807) is 35.0 Å². The fraction of sp³-hybridized carbons (Fsp3) is 0.500. The molecule has 1 atom stereocenters. The van der Waals surface area contributed by atoms with E-state index in [0.717, 1.165) is 24.0 Å². The highest BCUT2D eigenvalue weighted by Gasteiger charge is 2.26. The van der Waals surface area contributed by atoms with E-state index in [4.69, 9.17) is 14.2 Å². The van der Waals surface area contributed by atoms with Gasteiger partial charge in [0.25, 0.3) is 5.56 Å². The third-order valence-corrected chi connectivity index (χ3v) is 6.20. The van der Waals surface area contributed by atoms with Crippen molar-refractivity contribution in [3.05, 3.63) is 40.9 Å². The van der Waals surface area contributed by atoms with E-state index in [0.29, 0.717) is 56.5 Å². The molecule has 1 amide bonds. The summed E-state index contributed by atoms with van der Waals surface area (Å²) in [6, 6.07) is 5.52. The van der Waals surface area contributed by atoms with Crippen LogP contribution in [0.5, 0.6) is 5.88 Å². The number of ether oxygens (including phenoxy) is 3. The Labute approximate surface area is 215 Å². The van der Waals surface area contributed by atoms with Crippen LogP contribution in [0.2, 0.25) is 0 Å². The summed E-state index contributed by atoms with van der Waals surface area (Å²) < 4.78 is 18.0. The van der Waals surface area contributed by atoms with Crippen LogP contribution in [0.15, 0.2) is 35.4 Å². The van der Waals surface area contributed by atoms with Crippen molar-refractivity contribution in [1.29, 1.82) is 0 Å². The lowest BCUT2D eigenvalue weighted by Gasteiger charge is -2.18. The number of hydrogen-bond acceptors (Lipinski definition) is 9. The minimum atomic E-state index is -0.333. The quantitative estimate of drug-likeness (QED) is 0.366. The number of carbonyl (C=O) groups excluding carboxylic acids is 1. The van der Waals surface area contributed by atoms with Gasteiger partial charge in [-0.1, -0.05) is 6.92 Å². The molecule has 1 aliphatic rings. The Morgan fingerprint density at radius 2 is 2.00 bits per heavy atom. The molecule has 1 N–H and O–H groups in total. The second-order valence-corrected chi connectivity index (χ2v) is 8.74. The molecule has 4 rings (SSSR count). The van der Waals surface area contributed by atoms with Gasteiger partial charge in [-0.2, -0.15) is 0 Å². The maximum atomic E-state index is 13.4. The first-order chi connectivity index (χ1) is 18.0. The van der Waals surface area contributed by atoms with Crippen molar-refractivity contribution in [2.45, 2.75) is 39.3 Å². The van der Waals surface area contributed by atoms with E-state index in [1.165, 1.54) is 0 Å². The molecule has 0 unspecified atom stereocenters. The molecule has 1 saturated heterocycles.